The lowest BCUT2D eigenvalue weighted by Crippen LogP contribution is -2.13. The highest BCUT2D eigenvalue weighted by atomic mass is 79.9. The first-order valence-electron chi connectivity index (χ1n) is 7.53. The molecule has 0 atom stereocenters. The number of halogens is 1. The molecule has 21 heavy (non-hydrogen) atoms. The normalized spacial score (nSPS) is 16.0. The van der Waals surface area contributed by atoms with Crippen molar-refractivity contribution >= 4 is 15.9 Å². The quantitative estimate of drug-likeness (QED) is 0.757. The fourth-order valence-corrected chi connectivity index (χ4v) is 3.07. The number of aromatic nitrogens is 3. The predicted octanol–water partition coefficient (Wildman–Crippen LogP) is 4.26. The van der Waals surface area contributed by atoms with Gasteiger partial charge >= 0.3 is 0 Å². The first kappa shape index (κ1) is 14.6. The molecule has 5 heteroatoms. The van der Waals surface area contributed by atoms with E-state index in [4.69, 9.17) is 4.74 Å². The van der Waals surface area contributed by atoms with E-state index in [2.05, 4.69) is 43.0 Å². The van der Waals surface area contributed by atoms with Crippen LogP contribution in [0.25, 0.3) is 0 Å². The molecule has 2 aromatic heterocycles. The molecule has 1 aliphatic carbocycles. The Morgan fingerprint density at radius 3 is 2.71 bits per heavy atom. The zero-order valence-electron chi connectivity index (χ0n) is 12.0. The highest BCUT2D eigenvalue weighted by molar-refractivity contribution is 9.08. The van der Waals surface area contributed by atoms with Gasteiger partial charge in [0.25, 0.3) is 0 Å². The minimum absolute atomic E-state index is 0.495. The Balaban J connectivity index is 1.56. The first-order chi connectivity index (χ1) is 10.3. The fourth-order valence-electron chi connectivity index (χ4n) is 2.74. The van der Waals surface area contributed by atoms with Gasteiger partial charge in [0.05, 0.1) is 23.6 Å². The van der Waals surface area contributed by atoms with Gasteiger partial charge in [-0.15, -0.1) is 0 Å². The Labute approximate surface area is 133 Å². The van der Waals surface area contributed by atoms with Crippen LogP contribution in [-0.2, 0) is 11.9 Å². The van der Waals surface area contributed by atoms with Crippen LogP contribution in [0.15, 0.2) is 30.6 Å². The highest BCUT2D eigenvalue weighted by Crippen LogP contribution is 2.27. The van der Waals surface area contributed by atoms with Crippen LogP contribution in [-0.4, -0.2) is 14.8 Å². The van der Waals surface area contributed by atoms with Crippen molar-refractivity contribution in [1.29, 1.82) is 0 Å². The molecule has 112 valence electrons. The Hall–Kier alpha value is -1.36. The van der Waals surface area contributed by atoms with Gasteiger partial charge in [-0.25, -0.2) is 0 Å². The van der Waals surface area contributed by atoms with Crippen molar-refractivity contribution in [2.75, 3.05) is 0 Å². The van der Waals surface area contributed by atoms with Gasteiger partial charge in [-0.2, -0.15) is 5.10 Å². The molecule has 0 unspecified atom stereocenters. The number of hydrogen-bond acceptors (Lipinski definition) is 3. The average molecular weight is 350 g/mol. The zero-order chi connectivity index (χ0) is 14.5. The number of nitrogens with zero attached hydrogens (tertiary/aromatic N) is 3. The maximum absolute atomic E-state index is 5.74. The van der Waals surface area contributed by atoms with E-state index in [-0.39, 0.29) is 0 Å². The van der Waals surface area contributed by atoms with E-state index in [0.29, 0.717) is 12.6 Å². The molecule has 2 aromatic rings. The molecule has 0 saturated heterocycles. The van der Waals surface area contributed by atoms with Crippen LogP contribution in [0.1, 0.15) is 49.5 Å². The summed E-state index contributed by atoms with van der Waals surface area (Å²) < 4.78 is 7.85. The van der Waals surface area contributed by atoms with E-state index < -0.39 is 0 Å². The number of pyridine rings is 1. The summed E-state index contributed by atoms with van der Waals surface area (Å²) in [6, 6.07) is 6.54. The second-order valence-corrected chi connectivity index (χ2v) is 6.05. The molecule has 1 fully saturated rings. The van der Waals surface area contributed by atoms with E-state index in [1.54, 1.807) is 6.20 Å². The van der Waals surface area contributed by atoms with E-state index >= 15 is 0 Å². The molecule has 0 radical (unpaired) electrons. The Kier molecular flexibility index (Phi) is 4.91. The monoisotopic (exact) mass is 349 g/mol. The predicted molar refractivity (Wildman–Crippen MR) is 85.5 cm³/mol. The van der Waals surface area contributed by atoms with E-state index in [1.165, 1.54) is 32.1 Å². The molecule has 0 spiro atoms. The molecule has 0 amide bonds. The van der Waals surface area contributed by atoms with Crippen LogP contribution in [0.2, 0.25) is 0 Å². The molecule has 0 N–H and O–H groups in total. The molecular weight excluding hydrogens is 330 g/mol. The molecule has 2 heterocycles. The number of rotatable bonds is 5. The van der Waals surface area contributed by atoms with Crippen molar-refractivity contribution in [3.05, 3.63) is 42.0 Å². The first-order valence-corrected chi connectivity index (χ1v) is 8.65. The van der Waals surface area contributed by atoms with Crippen LogP contribution < -0.4 is 4.74 Å². The van der Waals surface area contributed by atoms with Crippen LogP contribution in [0, 0.1) is 0 Å². The van der Waals surface area contributed by atoms with Gasteiger partial charge in [0.15, 0.2) is 0 Å². The maximum Gasteiger partial charge on any atom is 0.138 e. The van der Waals surface area contributed by atoms with E-state index in [9.17, 15) is 0 Å². The minimum atomic E-state index is 0.495. The van der Waals surface area contributed by atoms with E-state index in [0.717, 1.165) is 22.5 Å². The summed E-state index contributed by atoms with van der Waals surface area (Å²) in [4.78, 5) is 4.29. The highest BCUT2D eigenvalue weighted by Gasteiger charge is 2.16. The lowest BCUT2D eigenvalue weighted by molar-refractivity contribution is 0.290. The molecule has 1 aliphatic rings. The van der Waals surface area contributed by atoms with Crippen molar-refractivity contribution in [3.8, 4) is 5.75 Å². The summed E-state index contributed by atoms with van der Waals surface area (Å²) in [6.07, 6.45) is 10.4. The molecule has 4 nitrogen and oxygen atoms in total. The maximum atomic E-state index is 5.74. The van der Waals surface area contributed by atoms with Crippen molar-refractivity contribution in [3.63, 3.8) is 0 Å². The van der Waals surface area contributed by atoms with Gasteiger partial charge < -0.3 is 4.74 Å². The molecule has 0 bridgehead atoms. The third-order valence-corrected chi connectivity index (χ3v) is 4.51. The summed E-state index contributed by atoms with van der Waals surface area (Å²) in [7, 11) is 0. The Bertz CT molecular complexity index is 561. The van der Waals surface area contributed by atoms with Crippen LogP contribution in [0.5, 0.6) is 5.75 Å². The second kappa shape index (κ2) is 7.07. The molecular formula is C16H20BrN3O. The lowest BCUT2D eigenvalue weighted by Gasteiger charge is -2.21. The summed E-state index contributed by atoms with van der Waals surface area (Å²) in [5.41, 5.74) is 1.98. The number of hydrogen-bond donors (Lipinski definition) is 0. The largest absolute Gasteiger partial charge is 0.486 e. The van der Waals surface area contributed by atoms with Crippen molar-refractivity contribution in [2.24, 2.45) is 0 Å². The summed E-state index contributed by atoms with van der Waals surface area (Å²) in [5, 5.41) is 5.41. The van der Waals surface area contributed by atoms with Crippen molar-refractivity contribution in [1.82, 2.24) is 14.8 Å². The second-order valence-electron chi connectivity index (χ2n) is 5.49. The molecule has 3 rings (SSSR count). The molecule has 0 aliphatic heterocycles. The van der Waals surface area contributed by atoms with Gasteiger partial charge in [0.1, 0.15) is 12.4 Å². The van der Waals surface area contributed by atoms with Gasteiger partial charge in [-0.1, -0.05) is 35.2 Å². The van der Waals surface area contributed by atoms with Gasteiger partial charge in [0.2, 0.25) is 0 Å². The smallest absolute Gasteiger partial charge is 0.138 e. The van der Waals surface area contributed by atoms with Crippen LogP contribution in [0.3, 0.4) is 0 Å². The third-order valence-electron chi connectivity index (χ3n) is 3.93. The van der Waals surface area contributed by atoms with Gasteiger partial charge in [-0.05, 0) is 31.0 Å². The summed E-state index contributed by atoms with van der Waals surface area (Å²) in [5.74, 6) is 0.784. The SMILES string of the molecule is BrCc1ccc(OCc2ccn(C3CCCCC3)n2)cn1. The number of ether oxygens (including phenoxy) is 1. The fraction of sp³-hybridized carbons (Fsp3) is 0.500. The Morgan fingerprint density at radius 1 is 1.14 bits per heavy atom. The summed E-state index contributed by atoms with van der Waals surface area (Å²) >= 11 is 3.38. The standard InChI is InChI=1S/C16H20BrN3O/c17-10-13-6-7-16(11-18-13)21-12-14-8-9-20(19-14)15-4-2-1-3-5-15/h6-9,11,15H,1-5,10,12H2. The van der Waals surface area contributed by atoms with Crippen LogP contribution >= 0.6 is 15.9 Å². The van der Waals surface area contributed by atoms with Crippen molar-refractivity contribution in [2.45, 2.75) is 50.1 Å². The average Bonchev–Trinajstić information content (AvgIpc) is 3.03. The zero-order valence-corrected chi connectivity index (χ0v) is 13.6. The Morgan fingerprint density at radius 2 is 2.00 bits per heavy atom. The van der Waals surface area contributed by atoms with Gasteiger partial charge in [0, 0.05) is 11.5 Å². The minimum Gasteiger partial charge on any atom is -0.486 e. The molecule has 1 saturated carbocycles. The number of alkyl halides is 1. The summed E-state index contributed by atoms with van der Waals surface area (Å²) in [6.45, 7) is 0.495. The topological polar surface area (TPSA) is 39.9 Å². The van der Waals surface area contributed by atoms with Crippen LogP contribution in [0.4, 0.5) is 0 Å². The molecule has 0 aromatic carbocycles. The van der Waals surface area contributed by atoms with E-state index in [1.807, 2.05) is 12.1 Å². The third kappa shape index (κ3) is 3.84. The van der Waals surface area contributed by atoms with Gasteiger partial charge in [-0.3, -0.25) is 9.67 Å². The lowest BCUT2D eigenvalue weighted by atomic mass is 9.96. The van der Waals surface area contributed by atoms with Crippen molar-refractivity contribution < 1.29 is 4.74 Å².